The lowest BCUT2D eigenvalue weighted by molar-refractivity contribution is -0.394. The highest BCUT2D eigenvalue weighted by molar-refractivity contribution is 6.09. The van der Waals surface area contributed by atoms with Crippen LogP contribution >= 0.6 is 0 Å². The first-order valence-corrected chi connectivity index (χ1v) is 9.56. The van der Waals surface area contributed by atoms with Gasteiger partial charge in [0.1, 0.15) is 11.1 Å². The zero-order chi connectivity index (χ0) is 26.6. The Kier molecular flexibility index (Phi) is 6.90. The van der Waals surface area contributed by atoms with Crippen LogP contribution in [0.5, 0.6) is 0 Å². The minimum atomic E-state index is -0.967. The summed E-state index contributed by atoms with van der Waals surface area (Å²) < 4.78 is 0. The van der Waals surface area contributed by atoms with Crippen LogP contribution in [0.1, 0.15) is 20.7 Å². The largest absolute Gasteiger partial charge is 0.322 e. The van der Waals surface area contributed by atoms with Crippen LogP contribution in [0.25, 0.3) is 0 Å². The number of anilines is 2. The number of nitro benzene ring substituents is 4. The van der Waals surface area contributed by atoms with Gasteiger partial charge in [-0.2, -0.15) is 0 Å². The molecule has 16 heteroatoms. The Bertz CT molecular complexity index is 1350. The number of nitro groups is 4. The van der Waals surface area contributed by atoms with Crippen molar-refractivity contribution in [2.75, 3.05) is 10.6 Å². The number of carbonyl (C=O) groups excluding carboxylic acids is 2. The van der Waals surface area contributed by atoms with Gasteiger partial charge in [-0.3, -0.25) is 50.0 Å². The first-order chi connectivity index (χ1) is 17.0. The lowest BCUT2D eigenvalue weighted by Gasteiger charge is -2.09. The first kappa shape index (κ1) is 24.8. The van der Waals surface area contributed by atoms with Crippen molar-refractivity contribution >= 4 is 45.9 Å². The van der Waals surface area contributed by atoms with Crippen molar-refractivity contribution in [1.29, 1.82) is 0 Å². The van der Waals surface area contributed by atoms with Crippen molar-refractivity contribution in [3.63, 3.8) is 0 Å². The average Bonchev–Trinajstić information content (AvgIpc) is 2.83. The fourth-order valence-electron chi connectivity index (χ4n) is 3.02. The van der Waals surface area contributed by atoms with E-state index < -0.39 is 65.4 Å². The molecule has 0 aromatic heterocycles. The molecule has 0 aliphatic rings. The predicted octanol–water partition coefficient (Wildman–Crippen LogP) is 3.82. The highest BCUT2D eigenvalue weighted by atomic mass is 16.6. The Labute approximate surface area is 198 Å². The number of hydrogen-bond acceptors (Lipinski definition) is 10. The fourth-order valence-corrected chi connectivity index (χ4v) is 3.02. The number of carbonyl (C=O) groups is 2. The van der Waals surface area contributed by atoms with E-state index in [1.54, 1.807) is 0 Å². The number of non-ortho nitro benzene ring substituents is 2. The molecule has 0 aliphatic carbocycles. The lowest BCUT2D eigenvalue weighted by Crippen LogP contribution is -2.16. The highest BCUT2D eigenvalue weighted by Crippen LogP contribution is 2.28. The van der Waals surface area contributed by atoms with E-state index in [-0.39, 0.29) is 11.4 Å². The van der Waals surface area contributed by atoms with E-state index in [4.69, 9.17) is 0 Å². The number of rotatable bonds is 8. The fraction of sp³-hybridized carbons (Fsp3) is 0. The van der Waals surface area contributed by atoms with E-state index in [2.05, 4.69) is 10.6 Å². The van der Waals surface area contributed by atoms with Crippen molar-refractivity contribution in [3.05, 3.63) is 112 Å². The Hall–Kier alpha value is -5.80. The molecule has 182 valence electrons. The molecule has 0 aliphatic heterocycles. The molecule has 0 unspecified atom stereocenters. The Balaban J connectivity index is 1.84. The highest BCUT2D eigenvalue weighted by Gasteiger charge is 2.26. The molecule has 3 aromatic rings. The van der Waals surface area contributed by atoms with E-state index >= 15 is 0 Å². The average molecular weight is 496 g/mol. The molecular weight excluding hydrogens is 484 g/mol. The van der Waals surface area contributed by atoms with Crippen LogP contribution in [-0.4, -0.2) is 31.5 Å². The zero-order valence-electron chi connectivity index (χ0n) is 17.6. The standard InChI is InChI=1S/C20H12N6O10/c27-19(15-6-4-13(23(29)30)9-17(15)25(33)34)21-11-2-1-3-12(8-11)22-20(28)16-7-5-14(24(31)32)10-18(16)26(35)36/h1-10H,(H,21,27)(H,22,28). The molecule has 0 fully saturated rings. The molecule has 2 N–H and O–H groups in total. The maximum Gasteiger partial charge on any atom is 0.289 e. The molecule has 0 heterocycles. The Morgan fingerprint density at radius 3 is 1.28 bits per heavy atom. The predicted molar refractivity (Wildman–Crippen MR) is 122 cm³/mol. The molecule has 3 rings (SSSR count). The molecule has 36 heavy (non-hydrogen) atoms. The summed E-state index contributed by atoms with van der Waals surface area (Å²) in [6, 6.07) is 10.4. The number of amides is 2. The van der Waals surface area contributed by atoms with Gasteiger partial charge in [0.15, 0.2) is 0 Å². The zero-order valence-corrected chi connectivity index (χ0v) is 17.6. The first-order valence-electron chi connectivity index (χ1n) is 9.56. The van der Waals surface area contributed by atoms with Crippen LogP contribution in [-0.2, 0) is 0 Å². The molecule has 3 aromatic carbocycles. The van der Waals surface area contributed by atoms with Gasteiger partial charge in [0, 0.05) is 23.5 Å². The van der Waals surface area contributed by atoms with Gasteiger partial charge < -0.3 is 10.6 Å². The maximum absolute atomic E-state index is 12.6. The van der Waals surface area contributed by atoms with E-state index in [0.717, 1.165) is 24.3 Å². The van der Waals surface area contributed by atoms with Gasteiger partial charge in [-0.15, -0.1) is 0 Å². The van der Waals surface area contributed by atoms with E-state index in [1.165, 1.54) is 24.3 Å². The van der Waals surface area contributed by atoms with Gasteiger partial charge in [-0.05, 0) is 30.3 Å². The van der Waals surface area contributed by atoms with Crippen molar-refractivity contribution in [3.8, 4) is 0 Å². The quantitative estimate of drug-likeness (QED) is 0.338. The van der Waals surface area contributed by atoms with Crippen LogP contribution in [0.4, 0.5) is 34.1 Å². The number of hydrogen-bond donors (Lipinski definition) is 2. The molecule has 2 amide bonds. The molecule has 0 radical (unpaired) electrons. The van der Waals surface area contributed by atoms with E-state index in [0.29, 0.717) is 12.1 Å². The van der Waals surface area contributed by atoms with Crippen molar-refractivity contribution in [1.82, 2.24) is 0 Å². The lowest BCUT2D eigenvalue weighted by atomic mass is 10.1. The minimum absolute atomic E-state index is 0.0589. The van der Waals surface area contributed by atoms with Crippen LogP contribution in [0.2, 0.25) is 0 Å². The summed E-state index contributed by atoms with van der Waals surface area (Å²) in [5.41, 5.74) is -3.55. The molecule has 0 spiro atoms. The van der Waals surface area contributed by atoms with E-state index in [1.807, 2.05) is 0 Å². The number of nitrogens with zero attached hydrogens (tertiary/aromatic N) is 4. The van der Waals surface area contributed by atoms with Gasteiger partial charge in [0.25, 0.3) is 34.6 Å². The second-order valence-electron chi connectivity index (χ2n) is 6.92. The second-order valence-corrected chi connectivity index (χ2v) is 6.92. The summed E-state index contributed by atoms with van der Waals surface area (Å²) in [6.07, 6.45) is 0. The Morgan fingerprint density at radius 1 is 0.556 bits per heavy atom. The molecule has 0 saturated carbocycles. The van der Waals surface area contributed by atoms with Gasteiger partial charge in [-0.1, -0.05) is 6.07 Å². The third-order valence-corrected chi connectivity index (χ3v) is 4.65. The molecule has 0 bridgehead atoms. The van der Waals surface area contributed by atoms with Gasteiger partial charge >= 0.3 is 0 Å². The van der Waals surface area contributed by atoms with Gasteiger partial charge in [0.2, 0.25) is 0 Å². The summed E-state index contributed by atoms with van der Waals surface area (Å²) in [6.45, 7) is 0. The van der Waals surface area contributed by atoms with E-state index in [9.17, 15) is 50.0 Å². The molecule has 0 atom stereocenters. The minimum Gasteiger partial charge on any atom is -0.322 e. The van der Waals surface area contributed by atoms with Crippen LogP contribution in [0, 0.1) is 40.5 Å². The van der Waals surface area contributed by atoms with Crippen LogP contribution in [0.15, 0.2) is 60.7 Å². The van der Waals surface area contributed by atoms with Crippen molar-refractivity contribution < 1.29 is 29.3 Å². The number of benzene rings is 3. The summed E-state index contributed by atoms with van der Waals surface area (Å²) in [5.74, 6) is -1.93. The summed E-state index contributed by atoms with van der Waals surface area (Å²) in [5, 5.41) is 49.0. The van der Waals surface area contributed by atoms with Crippen LogP contribution in [0.3, 0.4) is 0 Å². The molecular formula is C20H12N6O10. The molecule has 0 saturated heterocycles. The van der Waals surface area contributed by atoms with Crippen molar-refractivity contribution in [2.45, 2.75) is 0 Å². The second kappa shape index (κ2) is 10.00. The van der Waals surface area contributed by atoms with Gasteiger partial charge in [-0.25, -0.2) is 0 Å². The SMILES string of the molecule is O=C(Nc1cccc(NC(=O)c2ccc([N+](=O)[O-])cc2[N+](=O)[O-])c1)c1ccc([N+](=O)[O-])cc1[N+](=O)[O-]. The van der Waals surface area contributed by atoms with Gasteiger partial charge in [0.05, 0.1) is 31.8 Å². The monoisotopic (exact) mass is 496 g/mol. The number of nitrogens with one attached hydrogen (secondary N) is 2. The summed E-state index contributed by atoms with van der Waals surface area (Å²) in [7, 11) is 0. The third kappa shape index (κ3) is 5.39. The Morgan fingerprint density at radius 2 is 0.944 bits per heavy atom. The maximum atomic E-state index is 12.6. The topological polar surface area (TPSA) is 231 Å². The summed E-state index contributed by atoms with van der Waals surface area (Å²) in [4.78, 5) is 65.8. The van der Waals surface area contributed by atoms with Crippen molar-refractivity contribution in [2.24, 2.45) is 0 Å². The third-order valence-electron chi connectivity index (χ3n) is 4.65. The smallest absolute Gasteiger partial charge is 0.289 e. The van der Waals surface area contributed by atoms with Crippen LogP contribution < -0.4 is 10.6 Å². The normalized spacial score (nSPS) is 10.2. The summed E-state index contributed by atoms with van der Waals surface area (Å²) >= 11 is 0. The molecule has 16 nitrogen and oxygen atoms in total.